The minimum atomic E-state index is -4.13. The van der Waals surface area contributed by atoms with Crippen molar-refractivity contribution in [2.45, 2.75) is 4.75 Å². The topological polar surface area (TPSA) is 118 Å². The number of sulfone groups is 2. The van der Waals surface area contributed by atoms with Gasteiger partial charge in [-0.15, -0.1) is 12.4 Å². The molecule has 1 unspecified atom stereocenters. The first-order chi connectivity index (χ1) is 7.03. The highest BCUT2D eigenvalue weighted by Crippen LogP contribution is 2.34. The number of carboxylic acids is 1. The lowest BCUT2D eigenvalue weighted by Crippen LogP contribution is -2.55. The predicted molar refractivity (Wildman–Crippen MR) is 67.2 cm³/mol. The highest BCUT2D eigenvalue weighted by atomic mass is 35.5. The maximum absolute atomic E-state index is 11.5. The molecule has 1 heterocycles. The smallest absolute Gasteiger partial charge is 0.333 e. The summed E-state index contributed by atoms with van der Waals surface area (Å²) in [5, 5.41) is 8.19. The average molecular weight is 324 g/mol. The second-order valence-electron chi connectivity index (χ2n) is 3.35. The van der Waals surface area contributed by atoms with Gasteiger partial charge in [-0.2, -0.15) is 0 Å². The van der Waals surface area contributed by atoms with E-state index in [1.807, 2.05) is 0 Å². The van der Waals surface area contributed by atoms with E-state index in [1.54, 1.807) is 0 Å². The molecule has 1 aliphatic rings. The third kappa shape index (κ3) is 2.59. The summed E-state index contributed by atoms with van der Waals surface area (Å²) in [5.74, 6) is -2.15. The molecule has 0 fully saturated rings. The molecule has 0 bridgehead atoms. The molecule has 1 aliphatic heterocycles. The molecule has 0 aliphatic carbocycles. The second kappa shape index (κ2) is 4.75. The van der Waals surface area contributed by atoms with Crippen molar-refractivity contribution in [1.82, 2.24) is 0 Å². The summed E-state index contributed by atoms with van der Waals surface area (Å²) in [6, 6.07) is 0. The van der Waals surface area contributed by atoms with Crippen LogP contribution in [0.4, 0.5) is 0 Å². The third-order valence-corrected chi connectivity index (χ3v) is 6.31. The first-order valence-electron chi connectivity index (χ1n) is 3.87. The lowest BCUT2D eigenvalue weighted by atomic mass is 10.2. The van der Waals surface area contributed by atoms with E-state index in [2.05, 4.69) is 4.40 Å². The molecule has 0 aromatic rings. The molecule has 17 heavy (non-hydrogen) atoms. The molecule has 0 spiro atoms. The van der Waals surface area contributed by atoms with Gasteiger partial charge in [0.15, 0.2) is 24.7 Å². The van der Waals surface area contributed by atoms with Crippen molar-refractivity contribution >= 4 is 55.0 Å². The maximum atomic E-state index is 11.5. The van der Waals surface area contributed by atoms with Gasteiger partial charge >= 0.3 is 5.97 Å². The van der Waals surface area contributed by atoms with E-state index in [1.165, 1.54) is 0 Å². The van der Waals surface area contributed by atoms with Crippen LogP contribution in [0.1, 0.15) is 0 Å². The molecule has 0 aromatic heterocycles. The molecular formula is C6H10ClNO6S3. The summed E-state index contributed by atoms with van der Waals surface area (Å²) in [4.78, 5) is 11.1. The molecule has 1 N–H and O–H groups in total. The molecular weight excluding hydrogens is 314 g/mol. The Balaban J connectivity index is 0.00000256. The highest BCUT2D eigenvalue weighted by molar-refractivity contribution is 8.12. The predicted octanol–water partition coefficient (Wildman–Crippen LogP) is -0.619. The molecule has 1 atom stereocenters. The van der Waals surface area contributed by atoms with Gasteiger partial charge in [-0.05, 0) is 11.9 Å². The van der Waals surface area contributed by atoms with Crippen molar-refractivity contribution in [3.05, 3.63) is 0 Å². The van der Waals surface area contributed by atoms with Crippen molar-refractivity contribution in [3.63, 3.8) is 0 Å². The standard InChI is InChI=1S/C6H9NO6S3.ClH/c1-15(10,11)4-6(5(8)9,3-14-7-4)16(2,12)13;/h3H2,1-2H3,(H,8,9);1H. The summed E-state index contributed by atoms with van der Waals surface area (Å²) in [6.07, 6.45) is 1.42. The monoisotopic (exact) mass is 323 g/mol. The lowest BCUT2D eigenvalue weighted by molar-refractivity contribution is -0.137. The number of aliphatic carboxylic acids is 1. The summed E-state index contributed by atoms with van der Waals surface area (Å²) in [7, 11) is -8.10. The Morgan fingerprint density at radius 3 is 2.06 bits per heavy atom. The largest absolute Gasteiger partial charge is 0.480 e. The van der Waals surface area contributed by atoms with E-state index in [0.717, 1.165) is 6.26 Å². The second-order valence-corrected chi connectivity index (χ2v) is 8.25. The summed E-state index contributed by atoms with van der Waals surface area (Å²) in [5.41, 5.74) is 0. The zero-order valence-electron chi connectivity index (χ0n) is 8.78. The van der Waals surface area contributed by atoms with Crippen molar-refractivity contribution in [2.24, 2.45) is 4.40 Å². The van der Waals surface area contributed by atoms with Crippen LogP contribution in [-0.2, 0) is 24.5 Å². The number of hydrogen-bond acceptors (Lipinski definition) is 7. The van der Waals surface area contributed by atoms with Gasteiger partial charge in [-0.1, -0.05) is 0 Å². The molecule has 11 heteroatoms. The number of nitrogens with zero attached hydrogens (tertiary/aromatic N) is 1. The third-order valence-electron chi connectivity index (χ3n) is 2.09. The Bertz CT molecular complexity index is 565. The van der Waals surface area contributed by atoms with Crippen LogP contribution in [-0.4, -0.2) is 56.0 Å². The van der Waals surface area contributed by atoms with Crippen molar-refractivity contribution in [3.8, 4) is 0 Å². The van der Waals surface area contributed by atoms with Crippen molar-refractivity contribution in [2.75, 3.05) is 18.3 Å². The highest BCUT2D eigenvalue weighted by Gasteiger charge is 2.59. The maximum Gasteiger partial charge on any atom is 0.333 e. The number of carbonyl (C=O) groups is 1. The fourth-order valence-corrected chi connectivity index (χ4v) is 6.25. The molecule has 1 rings (SSSR count). The van der Waals surface area contributed by atoms with Gasteiger partial charge < -0.3 is 5.11 Å². The molecule has 100 valence electrons. The number of carboxylic acid groups (broad SMARTS) is 1. The van der Waals surface area contributed by atoms with Gasteiger partial charge in [0.1, 0.15) is 0 Å². The molecule has 0 radical (unpaired) electrons. The normalized spacial score (nSPS) is 24.9. The number of hydrogen-bond donors (Lipinski definition) is 1. The zero-order chi connectivity index (χ0) is 12.8. The SMILES string of the molecule is CS(=O)(=O)C1=NSCC1(C(=O)O)S(C)(=O)=O.Cl. The van der Waals surface area contributed by atoms with Crippen LogP contribution in [0.25, 0.3) is 0 Å². The molecule has 0 saturated heterocycles. The van der Waals surface area contributed by atoms with Gasteiger partial charge in [0.25, 0.3) is 0 Å². The molecule has 0 saturated carbocycles. The Labute approximate surface area is 109 Å². The number of rotatable bonds is 2. The van der Waals surface area contributed by atoms with Crippen LogP contribution in [0.2, 0.25) is 0 Å². The van der Waals surface area contributed by atoms with Gasteiger partial charge in [0.2, 0.25) is 4.75 Å². The zero-order valence-corrected chi connectivity index (χ0v) is 12.0. The Kier molecular flexibility index (Phi) is 4.66. The van der Waals surface area contributed by atoms with Gasteiger partial charge in [0.05, 0.1) is 5.75 Å². The van der Waals surface area contributed by atoms with Gasteiger partial charge in [-0.3, -0.25) is 4.79 Å². The molecule has 7 nitrogen and oxygen atoms in total. The van der Waals surface area contributed by atoms with Gasteiger partial charge in [0, 0.05) is 12.5 Å². The lowest BCUT2D eigenvalue weighted by Gasteiger charge is -2.21. The summed E-state index contributed by atoms with van der Waals surface area (Å²) < 4.78 is 46.7. The Morgan fingerprint density at radius 2 is 1.82 bits per heavy atom. The first kappa shape index (κ1) is 16.7. The van der Waals surface area contributed by atoms with Gasteiger partial charge in [-0.25, -0.2) is 21.2 Å². The van der Waals surface area contributed by atoms with Crippen LogP contribution in [0.5, 0.6) is 0 Å². The van der Waals surface area contributed by atoms with E-state index in [0.29, 0.717) is 18.2 Å². The van der Waals surface area contributed by atoms with Crippen LogP contribution in [0.3, 0.4) is 0 Å². The quantitative estimate of drug-likeness (QED) is 0.673. The van der Waals surface area contributed by atoms with Crippen LogP contribution >= 0.6 is 24.4 Å². The van der Waals surface area contributed by atoms with Crippen LogP contribution in [0.15, 0.2) is 4.40 Å². The molecule has 0 amide bonds. The first-order valence-corrected chi connectivity index (χ1v) is 8.59. The van der Waals surface area contributed by atoms with E-state index < -0.39 is 41.2 Å². The number of halogens is 1. The van der Waals surface area contributed by atoms with Crippen LogP contribution in [0, 0.1) is 0 Å². The Hall–Kier alpha value is -0.320. The minimum Gasteiger partial charge on any atom is -0.480 e. The fourth-order valence-electron chi connectivity index (χ4n) is 1.26. The van der Waals surface area contributed by atoms with Crippen molar-refractivity contribution in [1.29, 1.82) is 0 Å². The average Bonchev–Trinajstić information content (AvgIpc) is 2.44. The van der Waals surface area contributed by atoms with Crippen LogP contribution < -0.4 is 0 Å². The molecule has 0 aromatic carbocycles. The summed E-state index contributed by atoms with van der Waals surface area (Å²) >= 11 is 0.620. The fraction of sp³-hybridized carbons (Fsp3) is 0.667. The Morgan fingerprint density at radius 1 is 1.35 bits per heavy atom. The van der Waals surface area contributed by atoms with Crippen molar-refractivity contribution < 1.29 is 26.7 Å². The van der Waals surface area contributed by atoms with E-state index in [-0.39, 0.29) is 12.4 Å². The van der Waals surface area contributed by atoms with E-state index in [4.69, 9.17) is 5.11 Å². The van der Waals surface area contributed by atoms with E-state index in [9.17, 15) is 21.6 Å². The summed E-state index contributed by atoms with van der Waals surface area (Å²) in [6.45, 7) is 0. The van der Waals surface area contributed by atoms with E-state index >= 15 is 0 Å². The minimum absolute atomic E-state index is 0.